The molecule has 56 valence electrons. The molecule has 0 aromatic rings. The molecule has 1 atom stereocenters. The van der Waals surface area contributed by atoms with Crippen LogP contribution in [0, 0.1) is 0 Å². The van der Waals surface area contributed by atoms with Crippen molar-refractivity contribution in [3.05, 3.63) is 0 Å². The van der Waals surface area contributed by atoms with Gasteiger partial charge in [-0.1, -0.05) is 0 Å². The minimum absolute atomic E-state index is 0.149. The first kappa shape index (κ1) is 8.87. The summed E-state index contributed by atoms with van der Waals surface area (Å²) in [7, 11) is -3.02. The van der Waals surface area contributed by atoms with Crippen molar-refractivity contribution in [2.24, 2.45) is 5.73 Å². The molecule has 4 nitrogen and oxygen atoms in total. The van der Waals surface area contributed by atoms with Crippen molar-refractivity contribution in [3.63, 3.8) is 0 Å². The van der Waals surface area contributed by atoms with Crippen molar-refractivity contribution in [1.29, 1.82) is 0 Å². The maximum Gasteiger partial charge on any atom is 0.149 e. The summed E-state index contributed by atoms with van der Waals surface area (Å²) in [5, 5.41) is 8.31. The number of nitrogens with two attached hydrogens (primary N) is 1. The van der Waals surface area contributed by atoms with E-state index in [0.717, 1.165) is 6.26 Å². The molecule has 0 aliphatic carbocycles. The number of sulfone groups is 1. The van der Waals surface area contributed by atoms with E-state index >= 15 is 0 Å². The van der Waals surface area contributed by atoms with Gasteiger partial charge in [0.25, 0.3) is 0 Å². The van der Waals surface area contributed by atoms with Gasteiger partial charge in [-0.25, -0.2) is 8.42 Å². The van der Waals surface area contributed by atoms with Crippen LogP contribution in [0.15, 0.2) is 0 Å². The van der Waals surface area contributed by atoms with Crippen LogP contribution < -0.4 is 5.73 Å². The second kappa shape index (κ2) is 3.14. The van der Waals surface area contributed by atoms with Gasteiger partial charge in [-0.2, -0.15) is 0 Å². The van der Waals surface area contributed by atoms with E-state index in [9.17, 15) is 8.42 Å². The zero-order chi connectivity index (χ0) is 7.49. The van der Waals surface area contributed by atoms with Crippen LogP contribution in [0.2, 0.25) is 0 Å². The lowest BCUT2D eigenvalue weighted by Gasteiger charge is -2.03. The number of hydrogen-bond donors (Lipinski definition) is 2. The molecule has 1 unspecified atom stereocenters. The summed E-state index contributed by atoms with van der Waals surface area (Å²) < 4.78 is 20.8. The van der Waals surface area contributed by atoms with E-state index in [1.807, 2.05) is 0 Å². The van der Waals surface area contributed by atoms with E-state index in [4.69, 9.17) is 10.8 Å². The lowest BCUT2D eigenvalue weighted by Crippen LogP contribution is -2.32. The van der Waals surface area contributed by atoms with Crippen molar-refractivity contribution in [1.82, 2.24) is 0 Å². The maximum absolute atomic E-state index is 10.4. The molecular weight excluding hydrogens is 142 g/mol. The molecule has 5 heteroatoms. The Hall–Kier alpha value is -0.130. The Labute approximate surface area is 54.6 Å². The summed E-state index contributed by atoms with van der Waals surface area (Å²) in [6.45, 7) is -0.285. The summed E-state index contributed by atoms with van der Waals surface area (Å²) in [5.74, 6) is -0.149. The first-order valence-corrected chi connectivity index (χ1v) is 4.56. The summed E-state index contributed by atoms with van der Waals surface area (Å²) in [6.07, 6.45) is 1.09. The van der Waals surface area contributed by atoms with Crippen LogP contribution in [-0.4, -0.2) is 38.2 Å². The van der Waals surface area contributed by atoms with Crippen molar-refractivity contribution >= 4 is 9.84 Å². The van der Waals surface area contributed by atoms with Gasteiger partial charge in [-0.3, -0.25) is 0 Å². The predicted octanol–water partition coefficient (Wildman–Crippen LogP) is -1.65. The van der Waals surface area contributed by atoms with Crippen LogP contribution in [0.1, 0.15) is 0 Å². The van der Waals surface area contributed by atoms with E-state index in [0.29, 0.717) is 0 Å². The van der Waals surface area contributed by atoms with Crippen molar-refractivity contribution < 1.29 is 13.5 Å². The monoisotopic (exact) mass is 153 g/mol. The van der Waals surface area contributed by atoms with E-state index < -0.39 is 15.9 Å². The fourth-order valence-corrected chi connectivity index (χ4v) is 1.32. The first-order valence-electron chi connectivity index (χ1n) is 2.50. The average molecular weight is 153 g/mol. The molecule has 0 rings (SSSR count). The molecule has 0 bridgehead atoms. The average Bonchev–Trinajstić information content (AvgIpc) is 1.62. The molecule has 0 aromatic heterocycles. The van der Waals surface area contributed by atoms with Gasteiger partial charge in [-0.15, -0.1) is 0 Å². The molecule has 0 radical (unpaired) electrons. The summed E-state index contributed by atoms with van der Waals surface area (Å²) in [6, 6.07) is -0.639. The minimum Gasteiger partial charge on any atom is -0.395 e. The van der Waals surface area contributed by atoms with Gasteiger partial charge in [0, 0.05) is 12.3 Å². The highest BCUT2D eigenvalue weighted by atomic mass is 32.2. The SMILES string of the molecule is CS(=O)(=O)CC(N)CO. The fraction of sp³-hybridized carbons (Fsp3) is 1.00. The zero-order valence-electron chi connectivity index (χ0n) is 5.24. The second-order valence-corrected chi connectivity index (χ2v) is 4.22. The normalized spacial score (nSPS) is 15.4. The van der Waals surface area contributed by atoms with E-state index in [2.05, 4.69) is 0 Å². The fourth-order valence-electron chi connectivity index (χ4n) is 0.442. The number of rotatable bonds is 3. The van der Waals surface area contributed by atoms with Crippen LogP contribution in [-0.2, 0) is 9.84 Å². The Bertz CT molecular complexity index is 163. The van der Waals surface area contributed by atoms with Crippen LogP contribution in [0.5, 0.6) is 0 Å². The third kappa shape index (κ3) is 5.75. The van der Waals surface area contributed by atoms with Gasteiger partial charge < -0.3 is 10.8 Å². The number of aliphatic hydroxyl groups excluding tert-OH is 1. The Balaban J connectivity index is 3.75. The Kier molecular flexibility index (Phi) is 3.10. The number of hydrogen-bond acceptors (Lipinski definition) is 4. The van der Waals surface area contributed by atoms with E-state index in [1.54, 1.807) is 0 Å². The molecule has 0 amide bonds. The highest BCUT2D eigenvalue weighted by Crippen LogP contribution is 1.85. The van der Waals surface area contributed by atoms with Gasteiger partial charge in [0.1, 0.15) is 9.84 Å². The summed E-state index contributed by atoms with van der Waals surface area (Å²) in [4.78, 5) is 0. The van der Waals surface area contributed by atoms with Gasteiger partial charge in [0.05, 0.1) is 12.4 Å². The lowest BCUT2D eigenvalue weighted by atomic mass is 10.4. The lowest BCUT2D eigenvalue weighted by molar-refractivity contribution is 0.274. The smallest absolute Gasteiger partial charge is 0.149 e. The quantitative estimate of drug-likeness (QED) is 0.509. The molecule has 0 saturated heterocycles. The third-order valence-electron chi connectivity index (χ3n) is 0.751. The Morgan fingerprint density at radius 3 is 2.22 bits per heavy atom. The molecule has 0 aromatic carbocycles. The van der Waals surface area contributed by atoms with Crippen molar-refractivity contribution in [2.75, 3.05) is 18.6 Å². The van der Waals surface area contributed by atoms with E-state index in [1.165, 1.54) is 0 Å². The van der Waals surface area contributed by atoms with E-state index in [-0.39, 0.29) is 12.4 Å². The second-order valence-electron chi connectivity index (χ2n) is 2.04. The molecule has 0 heterocycles. The largest absolute Gasteiger partial charge is 0.395 e. The van der Waals surface area contributed by atoms with Gasteiger partial charge in [0.15, 0.2) is 0 Å². The molecule has 0 spiro atoms. The standard InChI is InChI=1S/C4H11NO3S/c1-9(7,8)3-4(5)2-6/h4,6H,2-3,5H2,1H3. The molecule has 9 heavy (non-hydrogen) atoms. The summed E-state index contributed by atoms with van der Waals surface area (Å²) in [5.41, 5.74) is 5.13. The molecular formula is C4H11NO3S. The van der Waals surface area contributed by atoms with Gasteiger partial charge in [0.2, 0.25) is 0 Å². The van der Waals surface area contributed by atoms with Gasteiger partial charge in [-0.05, 0) is 0 Å². The van der Waals surface area contributed by atoms with Crippen LogP contribution in [0.4, 0.5) is 0 Å². The Morgan fingerprint density at radius 1 is 1.67 bits per heavy atom. The van der Waals surface area contributed by atoms with Crippen LogP contribution in [0.3, 0.4) is 0 Å². The highest BCUT2D eigenvalue weighted by molar-refractivity contribution is 7.90. The van der Waals surface area contributed by atoms with Crippen molar-refractivity contribution in [2.45, 2.75) is 6.04 Å². The molecule has 0 saturated carbocycles. The topological polar surface area (TPSA) is 80.4 Å². The Morgan fingerprint density at radius 2 is 2.11 bits per heavy atom. The summed E-state index contributed by atoms with van der Waals surface area (Å²) >= 11 is 0. The zero-order valence-corrected chi connectivity index (χ0v) is 6.06. The minimum atomic E-state index is -3.02. The molecule has 0 aliphatic rings. The molecule has 0 aliphatic heterocycles. The molecule has 3 N–H and O–H groups in total. The van der Waals surface area contributed by atoms with Gasteiger partial charge >= 0.3 is 0 Å². The number of aliphatic hydroxyl groups is 1. The molecule has 0 fully saturated rings. The highest BCUT2D eigenvalue weighted by Gasteiger charge is 2.08. The predicted molar refractivity (Wildman–Crippen MR) is 34.8 cm³/mol. The van der Waals surface area contributed by atoms with Crippen molar-refractivity contribution in [3.8, 4) is 0 Å². The van der Waals surface area contributed by atoms with Crippen LogP contribution >= 0.6 is 0 Å². The third-order valence-corrected chi connectivity index (χ3v) is 1.78. The van der Waals surface area contributed by atoms with Crippen LogP contribution in [0.25, 0.3) is 0 Å². The maximum atomic E-state index is 10.4. The first-order chi connectivity index (χ1) is 3.95.